The van der Waals surface area contributed by atoms with E-state index in [1.807, 2.05) is 36.4 Å². The van der Waals surface area contributed by atoms with Crippen molar-refractivity contribution in [2.75, 3.05) is 0 Å². The number of pyridine rings is 1. The summed E-state index contributed by atoms with van der Waals surface area (Å²) in [6.45, 7) is 1.17. The smallest absolute Gasteiger partial charge is 0.306 e. The van der Waals surface area contributed by atoms with Crippen LogP contribution in [0.5, 0.6) is 5.75 Å². The summed E-state index contributed by atoms with van der Waals surface area (Å²) in [5, 5.41) is 12.6. The van der Waals surface area contributed by atoms with E-state index in [-0.39, 0.29) is 5.92 Å². The summed E-state index contributed by atoms with van der Waals surface area (Å²) in [5.74, 6) is 0.0265. The molecule has 3 rings (SSSR count). The molecule has 0 spiro atoms. The molecule has 0 amide bonds. The Hall–Kier alpha value is -2.40. The number of carboxylic acids is 1. The molecule has 1 fully saturated rings. The molecular weight excluding hydrogens is 316 g/mol. The van der Waals surface area contributed by atoms with Gasteiger partial charge in [-0.05, 0) is 43.9 Å². The summed E-state index contributed by atoms with van der Waals surface area (Å²) in [4.78, 5) is 15.3. The van der Waals surface area contributed by atoms with Crippen LogP contribution >= 0.6 is 0 Å². The summed E-state index contributed by atoms with van der Waals surface area (Å²) >= 11 is 0. The Kier molecular flexibility index (Phi) is 6.01. The molecule has 0 atom stereocenters. The Morgan fingerprint density at radius 3 is 2.60 bits per heavy atom. The first-order chi connectivity index (χ1) is 12.2. The molecule has 1 aliphatic carbocycles. The highest BCUT2D eigenvalue weighted by Gasteiger charge is 2.25. The van der Waals surface area contributed by atoms with E-state index in [2.05, 4.69) is 16.4 Å². The van der Waals surface area contributed by atoms with Crippen LogP contribution < -0.4 is 10.1 Å². The Morgan fingerprint density at radius 1 is 1.12 bits per heavy atom. The lowest BCUT2D eigenvalue weighted by Gasteiger charge is -2.27. The second-order valence-corrected chi connectivity index (χ2v) is 6.49. The first-order valence-corrected chi connectivity index (χ1v) is 8.79. The number of hydrogen-bond donors (Lipinski definition) is 2. The average molecular weight is 340 g/mol. The first kappa shape index (κ1) is 17.4. The van der Waals surface area contributed by atoms with Crippen LogP contribution in [0.2, 0.25) is 0 Å². The molecular formula is C20H24N2O3. The van der Waals surface area contributed by atoms with Crippen LogP contribution in [-0.2, 0) is 17.9 Å². The van der Waals surface area contributed by atoms with Crippen molar-refractivity contribution in [3.8, 4) is 5.75 Å². The number of aliphatic carboxylic acids is 1. The van der Waals surface area contributed by atoms with Gasteiger partial charge in [-0.3, -0.25) is 9.78 Å². The minimum absolute atomic E-state index is 0.174. The molecule has 0 radical (unpaired) electrons. The maximum Gasteiger partial charge on any atom is 0.306 e. The van der Waals surface area contributed by atoms with Crippen LogP contribution in [0.15, 0.2) is 48.7 Å². The van der Waals surface area contributed by atoms with Crippen LogP contribution in [0.4, 0.5) is 0 Å². The zero-order valence-electron chi connectivity index (χ0n) is 14.2. The molecule has 132 valence electrons. The van der Waals surface area contributed by atoms with E-state index in [4.69, 9.17) is 9.84 Å². The van der Waals surface area contributed by atoms with E-state index >= 15 is 0 Å². The van der Waals surface area contributed by atoms with E-state index < -0.39 is 5.97 Å². The molecule has 0 saturated heterocycles. The lowest BCUT2D eigenvalue weighted by Crippen LogP contribution is -2.34. The van der Waals surface area contributed by atoms with Gasteiger partial charge in [-0.25, -0.2) is 0 Å². The normalized spacial score (nSPS) is 20.2. The lowest BCUT2D eigenvalue weighted by atomic mass is 9.86. The lowest BCUT2D eigenvalue weighted by molar-refractivity contribution is -0.142. The summed E-state index contributed by atoms with van der Waals surface area (Å²) in [7, 11) is 0. The summed E-state index contributed by atoms with van der Waals surface area (Å²) in [6, 6.07) is 14.2. The molecule has 2 N–H and O–H groups in total. The van der Waals surface area contributed by atoms with Gasteiger partial charge in [0.05, 0.1) is 11.6 Å². The highest BCUT2D eigenvalue weighted by molar-refractivity contribution is 5.70. The SMILES string of the molecule is O=C(O)C1CCC(NCc2ccccc2OCc2ccccn2)CC1. The number of ether oxygens (including phenoxy) is 1. The van der Waals surface area contributed by atoms with Crippen molar-refractivity contribution in [3.05, 3.63) is 59.9 Å². The van der Waals surface area contributed by atoms with Gasteiger partial charge >= 0.3 is 5.97 Å². The Bertz CT molecular complexity index is 682. The number of hydrogen-bond acceptors (Lipinski definition) is 4. The van der Waals surface area contributed by atoms with Gasteiger partial charge in [0.2, 0.25) is 0 Å². The fraction of sp³-hybridized carbons (Fsp3) is 0.400. The molecule has 1 saturated carbocycles. The maximum atomic E-state index is 11.0. The first-order valence-electron chi connectivity index (χ1n) is 8.79. The van der Waals surface area contributed by atoms with Crippen molar-refractivity contribution in [3.63, 3.8) is 0 Å². The molecule has 5 heteroatoms. The monoisotopic (exact) mass is 340 g/mol. The number of carboxylic acid groups (broad SMARTS) is 1. The predicted molar refractivity (Wildman–Crippen MR) is 95.2 cm³/mol. The molecule has 0 aliphatic heterocycles. The molecule has 0 unspecified atom stereocenters. The minimum Gasteiger partial charge on any atom is -0.487 e. The number of nitrogens with one attached hydrogen (secondary N) is 1. The number of nitrogens with zero attached hydrogens (tertiary/aromatic N) is 1. The van der Waals surface area contributed by atoms with E-state index in [9.17, 15) is 4.79 Å². The third-order valence-corrected chi connectivity index (χ3v) is 4.73. The molecule has 1 aromatic carbocycles. The van der Waals surface area contributed by atoms with Gasteiger partial charge in [-0.2, -0.15) is 0 Å². The average Bonchev–Trinajstić information content (AvgIpc) is 2.66. The van der Waals surface area contributed by atoms with Gasteiger partial charge in [0.1, 0.15) is 12.4 Å². The molecule has 1 aliphatic rings. The number of carbonyl (C=O) groups is 1. The van der Waals surface area contributed by atoms with E-state index in [0.29, 0.717) is 12.6 Å². The third-order valence-electron chi connectivity index (χ3n) is 4.73. The van der Waals surface area contributed by atoms with Crippen LogP contribution in [0.1, 0.15) is 36.9 Å². The van der Waals surface area contributed by atoms with Crippen molar-refractivity contribution in [1.82, 2.24) is 10.3 Å². The fourth-order valence-electron chi connectivity index (χ4n) is 3.22. The Labute approximate surface area is 148 Å². The zero-order chi connectivity index (χ0) is 17.5. The number of aromatic nitrogens is 1. The van der Waals surface area contributed by atoms with Gasteiger partial charge in [-0.15, -0.1) is 0 Å². The zero-order valence-corrected chi connectivity index (χ0v) is 14.2. The second-order valence-electron chi connectivity index (χ2n) is 6.49. The Morgan fingerprint density at radius 2 is 1.88 bits per heavy atom. The third kappa shape index (κ3) is 5.03. The topological polar surface area (TPSA) is 71.5 Å². The number of benzene rings is 1. The maximum absolute atomic E-state index is 11.0. The van der Waals surface area contributed by atoms with Crippen LogP contribution in [0, 0.1) is 5.92 Å². The quantitative estimate of drug-likeness (QED) is 0.808. The Balaban J connectivity index is 1.52. The molecule has 1 aromatic heterocycles. The molecule has 2 aromatic rings. The minimum atomic E-state index is -0.660. The molecule has 5 nitrogen and oxygen atoms in total. The van der Waals surface area contributed by atoms with Gasteiger partial charge in [-0.1, -0.05) is 24.3 Å². The van der Waals surface area contributed by atoms with Crippen molar-refractivity contribution in [1.29, 1.82) is 0 Å². The van der Waals surface area contributed by atoms with Gasteiger partial charge in [0, 0.05) is 24.3 Å². The summed E-state index contributed by atoms with van der Waals surface area (Å²) in [6.07, 6.45) is 5.09. The van der Waals surface area contributed by atoms with Gasteiger partial charge in [0.15, 0.2) is 0 Å². The van der Waals surface area contributed by atoms with E-state index in [0.717, 1.165) is 49.2 Å². The largest absolute Gasteiger partial charge is 0.487 e. The summed E-state index contributed by atoms with van der Waals surface area (Å²) in [5.41, 5.74) is 2.01. The fourth-order valence-corrected chi connectivity index (χ4v) is 3.22. The molecule has 1 heterocycles. The van der Waals surface area contributed by atoms with Crippen molar-refractivity contribution >= 4 is 5.97 Å². The molecule has 25 heavy (non-hydrogen) atoms. The van der Waals surface area contributed by atoms with E-state index in [1.165, 1.54) is 0 Å². The highest BCUT2D eigenvalue weighted by Crippen LogP contribution is 2.25. The van der Waals surface area contributed by atoms with Crippen molar-refractivity contribution in [2.24, 2.45) is 5.92 Å². The van der Waals surface area contributed by atoms with Crippen LogP contribution in [0.3, 0.4) is 0 Å². The van der Waals surface area contributed by atoms with Crippen molar-refractivity contribution < 1.29 is 14.6 Å². The standard InChI is InChI=1S/C20H24N2O3/c23-20(24)15-8-10-17(11-9-15)22-13-16-5-1-2-7-19(16)25-14-18-6-3-4-12-21-18/h1-7,12,15,17,22H,8-11,13-14H2,(H,23,24). The van der Waals surface area contributed by atoms with Crippen LogP contribution in [-0.4, -0.2) is 22.1 Å². The predicted octanol–water partition coefficient (Wildman–Crippen LogP) is 3.39. The van der Waals surface area contributed by atoms with Gasteiger partial charge < -0.3 is 15.2 Å². The van der Waals surface area contributed by atoms with Crippen molar-refractivity contribution in [2.45, 2.75) is 44.9 Å². The molecule has 0 bridgehead atoms. The number of para-hydroxylation sites is 1. The van der Waals surface area contributed by atoms with E-state index in [1.54, 1.807) is 6.20 Å². The van der Waals surface area contributed by atoms with Crippen LogP contribution in [0.25, 0.3) is 0 Å². The van der Waals surface area contributed by atoms with Gasteiger partial charge in [0.25, 0.3) is 0 Å². The second kappa shape index (κ2) is 8.62. The summed E-state index contributed by atoms with van der Waals surface area (Å²) < 4.78 is 5.93. The highest BCUT2D eigenvalue weighted by atomic mass is 16.5. The number of rotatable bonds is 7.